The Kier molecular flexibility index (Phi) is 7.99. The highest BCUT2D eigenvalue weighted by atomic mass is 35.5. The van der Waals surface area contributed by atoms with Crippen LogP contribution in [0, 0.1) is 11.8 Å². The number of carbonyl (C=O) groups is 1. The average Bonchev–Trinajstić information content (AvgIpc) is 3.34. The Bertz CT molecular complexity index is 1140. The number of halogens is 1. The number of ether oxygens (including phenoxy) is 1. The second-order valence-corrected chi connectivity index (χ2v) is 9.08. The molecular weight excluding hydrogens is 448 g/mol. The SMILES string of the molecule is C[C@@H]1CN(c2ncc(C(=O)NCCCC3=CCN=C3)cc2C#Cc2ccc(Cl)cc2)C[C@H](C)O1. The van der Waals surface area contributed by atoms with E-state index in [1.807, 2.05) is 36.5 Å². The topological polar surface area (TPSA) is 66.8 Å². The Labute approximate surface area is 206 Å². The van der Waals surface area contributed by atoms with Gasteiger partial charge in [-0.05, 0) is 62.6 Å². The number of morpholine rings is 1. The summed E-state index contributed by atoms with van der Waals surface area (Å²) in [5.41, 5.74) is 3.30. The summed E-state index contributed by atoms with van der Waals surface area (Å²) in [7, 11) is 0. The smallest absolute Gasteiger partial charge is 0.252 e. The van der Waals surface area contributed by atoms with Crippen LogP contribution in [-0.4, -0.2) is 55.5 Å². The van der Waals surface area contributed by atoms with Crippen LogP contribution in [0.3, 0.4) is 0 Å². The van der Waals surface area contributed by atoms with Gasteiger partial charge in [0.15, 0.2) is 0 Å². The molecule has 2 aliphatic heterocycles. The predicted octanol–water partition coefficient (Wildman–Crippen LogP) is 4.27. The van der Waals surface area contributed by atoms with E-state index in [0.29, 0.717) is 17.1 Å². The fraction of sp³-hybridized carbons (Fsp3) is 0.370. The van der Waals surface area contributed by atoms with Crippen LogP contribution in [0.25, 0.3) is 0 Å². The molecule has 2 atom stereocenters. The Balaban J connectivity index is 1.52. The molecule has 6 nitrogen and oxygen atoms in total. The highest BCUT2D eigenvalue weighted by molar-refractivity contribution is 6.30. The molecule has 0 saturated carbocycles. The first-order valence-electron chi connectivity index (χ1n) is 11.6. The minimum atomic E-state index is -0.147. The summed E-state index contributed by atoms with van der Waals surface area (Å²) in [6, 6.07) is 9.21. The number of carbonyl (C=O) groups excluding carboxylic acids is 1. The molecule has 1 aromatic carbocycles. The van der Waals surface area contributed by atoms with Crippen molar-refractivity contribution in [3.63, 3.8) is 0 Å². The van der Waals surface area contributed by atoms with Crippen LogP contribution in [0.4, 0.5) is 5.82 Å². The molecule has 1 fully saturated rings. The third kappa shape index (κ3) is 6.47. The molecular formula is C27H29ClN4O2. The molecule has 0 bridgehead atoms. The lowest BCUT2D eigenvalue weighted by Crippen LogP contribution is -2.46. The lowest BCUT2D eigenvalue weighted by atomic mass is 10.1. The van der Waals surface area contributed by atoms with Gasteiger partial charge in [0, 0.05) is 42.6 Å². The number of anilines is 1. The van der Waals surface area contributed by atoms with Gasteiger partial charge in [-0.1, -0.05) is 29.5 Å². The molecule has 1 N–H and O–H groups in total. The number of nitrogens with one attached hydrogen (secondary N) is 1. The second-order valence-electron chi connectivity index (χ2n) is 8.65. The van der Waals surface area contributed by atoms with Gasteiger partial charge >= 0.3 is 0 Å². The van der Waals surface area contributed by atoms with Crippen LogP contribution in [0.15, 0.2) is 53.2 Å². The van der Waals surface area contributed by atoms with Gasteiger partial charge in [0.05, 0.1) is 29.9 Å². The maximum absolute atomic E-state index is 12.8. The van der Waals surface area contributed by atoms with Crippen molar-refractivity contribution in [2.45, 2.75) is 38.9 Å². The summed E-state index contributed by atoms with van der Waals surface area (Å²) >= 11 is 6.00. The summed E-state index contributed by atoms with van der Waals surface area (Å²) in [5.74, 6) is 7.04. The molecule has 1 amide bonds. The maximum Gasteiger partial charge on any atom is 0.252 e. The molecule has 7 heteroatoms. The van der Waals surface area contributed by atoms with E-state index in [0.717, 1.165) is 49.4 Å². The fourth-order valence-corrected chi connectivity index (χ4v) is 4.23. The Morgan fingerprint density at radius 1 is 1.21 bits per heavy atom. The zero-order valence-electron chi connectivity index (χ0n) is 19.6. The summed E-state index contributed by atoms with van der Waals surface area (Å²) in [5, 5.41) is 3.66. The molecule has 1 aromatic heterocycles. The molecule has 3 heterocycles. The number of amides is 1. The van der Waals surface area contributed by atoms with E-state index in [-0.39, 0.29) is 18.1 Å². The molecule has 34 heavy (non-hydrogen) atoms. The van der Waals surface area contributed by atoms with Gasteiger partial charge in [-0.3, -0.25) is 9.79 Å². The number of aromatic nitrogens is 1. The van der Waals surface area contributed by atoms with Gasteiger partial charge in [0.1, 0.15) is 5.82 Å². The number of nitrogens with zero attached hydrogens (tertiary/aromatic N) is 3. The van der Waals surface area contributed by atoms with E-state index in [9.17, 15) is 4.79 Å². The second kappa shape index (κ2) is 11.3. The van der Waals surface area contributed by atoms with Gasteiger partial charge in [0.25, 0.3) is 5.91 Å². The highest BCUT2D eigenvalue weighted by Gasteiger charge is 2.25. The lowest BCUT2D eigenvalue weighted by molar-refractivity contribution is -0.00547. The largest absolute Gasteiger partial charge is 0.372 e. The quantitative estimate of drug-likeness (QED) is 0.499. The molecule has 0 aliphatic carbocycles. The van der Waals surface area contributed by atoms with Crippen molar-refractivity contribution in [1.29, 1.82) is 0 Å². The normalized spacial score (nSPS) is 19.4. The van der Waals surface area contributed by atoms with Crippen LogP contribution in [0.1, 0.15) is 48.2 Å². The van der Waals surface area contributed by atoms with Crippen molar-refractivity contribution >= 4 is 29.5 Å². The third-order valence-electron chi connectivity index (χ3n) is 5.68. The van der Waals surface area contributed by atoms with Gasteiger partial charge < -0.3 is 15.0 Å². The summed E-state index contributed by atoms with van der Waals surface area (Å²) in [4.78, 5) is 23.9. The van der Waals surface area contributed by atoms with Crippen LogP contribution < -0.4 is 10.2 Å². The molecule has 2 aromatic rings. The number of rotatable bonds is 6. The number of allylic oxidation sites excluding steroid dienone is 1. The van der Waals surface area contributed by atoms with Gasteiger partial charge in [-0.2, -0.15) is 0 Å². The van der Waals surface area contributed by atoms with E-state index in [2.05, 4.69) is 52.0 Å². The summed E-state index contributed by atoms with van der Waals surface area (Å²) < 4.78 is 5.88. The molecule has 4 rings (SSSR count). The number of aliphatic imine (C=N–C) groups is 1. The average molecular weight is 477 g/mol. The molecule has 0 unspecified atom stereocenters. The first kappa shape index (κ1) is 24.0. The van der Waals surface area contributed by atoms with Crippen molar-refractivity contribution in [3.8, 4) is 11.8 Å². The van der Waals surface area contributed by atoms with Gasteiger partial charge in [0.2, 0.25) is 0 Å². The van der Waals surface area contributed by atoms with E-state index in [1.165, 1.54) is 5.57 Å². The predicted molar refractivity (Wildman–Crippen MR) is 137 cm³/mol. The molecule has 2 aliphatic rings. The molecule has 0 spiro atoms. The van der Waals surface area contributed by atoms with E-state index < -0.39 is 0 Å². The Hall–Kier alpha value is -3.14. The van der Waals surface area contributed by atoms with Gasteiger partial charge in [-0.15, -0.1) is 0 Å². The van der Waals surface area contributed by atoms with E-state index >= 15 is 0 Å². The van der Waals surface area contributed by atoms with Crippen LogP contribution in [0.2, 0.25) is 5.02 Å². The Morgan fingerprint density at radius 2 is 1.97 bits per heavy atom. The number of pyridine rings is 1. The molecule has 0 radical (unpaired) electrons. The monoisotopic (exact) mass is 476 g/mol. The van der Waals surface area contributed by atoms with Crippen molar-refractivity contribution in [2.24, 2.45) is 4.99 Å². The zero-order valence-corrected chi connectivity index (χ0v) is 20.3. The van der Waals surface area contributed by atoms with Crippen LogP contribution >= 0.6 is 11.6 Å². The first-order valence-corrected chi connectivity index (χ1v) is 12.0. The van der Waals surface area contributed by atoms with Crippen molar-refractivity contribution in [1.82, 2.24) is 10.3 Å². The minimum Gasteiger partial charge on any atom is -0.372 e. The van der Waals surface area contributed by atoms with Crippen molar-refractivity contribution < 1.29 is 9.53 Å². The van der Waals surface area contributed by atoms with Gasteiger partial charge in [-0.25, -0.2) is 4.98 Å². The number of hydrogen-bond acceptors (Lipinski definition) is 5. The molecule has 1 saturated heterocycles. The maximum atomic E-state index is 12.8. The standard InChI is InChI=1S/C27H29ClN4O2/c1-19-17-32(18-20(2)34-19)26-23(8-5-21-6-9-25(28)10-7-21)14-24(16-31-26)27(33)30-12-3-4-22-11-13-29-15-22/h6-7,9-11,14-16,19-20H,3-4,12-13,17-18H2,1-2H3,(H,30,33)/t19-,20+. The summed E-state index contributed by atoms with van der Waals surface area (Å²) in [6.45, 7) is 6.90. The number of benzene rings is 1. The minimum absolute atomic E-state index is 0.0885. The van der Waals surface area contributed by atoms with Crippen LogP contribution in [-0.2, 0) is 4.74 Å². The van der Waals surface area contributed by atoms with Crippen LogP contribution in [0.5, 0.6) is 0 Å². The van der Waals surface area contributed by atoms with Crippen molar-refractivity contribution in [2.75, 3.05) is 31.1 Å². The number of hydrogen-bond donors (Lipinski definition) is 1. The summed E-state index contributed by atoms with van der Waals surface area (Å²) in [6.07, 6.45) is 7.60. The van der Waals surface area contributed by atoms with E-state index in [1.54, 1.807) is 6.20 Å². The first-order chi connectivity index (χ1) is 16.5. The fourth-order valence-electron chi connectivity index (χ4n) is 4.10. The highest BCUT2D eigenvalue weighted by Crippen LogP contribution is 2.23. The molecule has 176 valence electrons. The van der Waals surface area contributed by atoms with Crippen molar-refractivity contribution in [3.05, 3.63) is 69.9 Å². The Morgan fingerprint density at radius 3 is 2.68 bits per heavy atom. The lowest BCUT2D eigenvalue weighted by Gasteiger charge is -2.36. The third-order valence-corrected chi connectivity index (χ3v) is 5.93. The zero-order chi connectivity index (χ0) is 23.9. The van der Waals surface area contributed by atoms with E-state index in [4.69, 9.17) is 16.3 Å².